The van der Waals surface area contributed by atoms with Gasteiger partial charge in [0.2, 0.25) is 17.7 Å². The van der Waals surface area contributed by atoms with Crippen LogP contribution in [0.5, 0.6) is 0 Å². The van der Waals surface area contributed by atoms with Gasteiger partial charge in [-0.3, -0.25) is 24.5 Å². The maximum atomic E-state index is 12.8. The van der Waals surface area contributed by atoms with Crippen LogP contribution in [0.2, 0.25) is 5.02 Å². The molecule has 4 amide bonds. The summed E-state index contributed by atoms with van der Waals surface area (Å²) >= 11 is 6.41. The second-order valence-electron chi connectivity index (χ2n) is 9.24. The van der Waals surface area contributed by atoms with E-state index in [0.29, 0.717) is 36.8 Å². The third-order valence-corrected chi connectivity index (χ3v) is 6.92. The van der Waals surface area contributed by atoms with Crippen LogP contribution < -0.4 is 16.0 Å². The Hall–Kier alpha value is -3.27. The number of imide groups is 1. The summed E-state index contributed by atoms with van der Waals surface area (Å²) in [5.41, 5.74) is 3.98. The molecule has 0 bridgehead atoms. The fraction of sp³-hybridized carbons (Fsp3) is 0.407. The highest BCUT2D eigenvalue weighted by atomic mass is 35.5. The molecule has 2 heterocycles. The molecule has 3 N–H and O–H groups in total. The van der Waals surface area contributed by atoms with E-state index in [4.69, 9.17) is 16.3 Å². The van der Waals surface area contributed by atoms with E-state index in [0.717, 1.165) is 35.2 Å². The molecule has 0 saturated carbocycles. The van der Waals surface area contributed by atoms with Gasteiger partial charge in [0.15, 0.2) is 0 Å². The standard InChI is InChI=1S/C27H31ClN4O5/c1-29-9-11-37-10-8-19-4-2-18(13-22(19)28)15-30-25(34)14-17-3-5-21-20(12-17)16-32(27(21)36)23-6-7-24(33)31-26(23)35/h2-5,12-13,23,29H,6-11,14-16H2,1H3,(H,30,34)(H,31,33,35). The van der Waals surface area contributed by atoms with Crippen molar-refractivity contribution in [2.45, 2.75) is 44.8 Å². The van der Waals surface area contributed by atoms with Gasteiger partial charge in [-0.15, -0.1) is 0 Å². The first-order valence-electron chi connectivity index (χ1n) is 12.4. The van der Waals surface area contributed by atoms with Crippen molar-refractivity contribution in [3.05, 3.63) is 69.2 Å². The average Bonchev–Trinajstić information content (AvgIpc) is 3.19. The van der Waals surface area contributed by atoms with Crippen LogP contribution in [0.25, 0.3) is 0 Å². The Bertz CT molecular complexity index is 1200. The van der Waals surface area contributed by atoms with E-state index in [9.17, 15) is 19.2 Å². The van der Waals surface area contributed by atoms with E-state index in [2.05, 4.69) is 16.0 Å². The minimum absolute atomic E-state index is 0.149. The van der Waals surface area contributed by atoms with Crippen LogP contribution in [0.1, 0.15) is 45.5 Å². The monoisotopic (exact) mass is 526 g/mol. The zero-order valence-corrected chi connectivity index (χ0v) is 21.5. The molecule has 2 aromatic carbocycles. The number of carbonyl (C=O) groups is 4. The second-order valence-corrected chi connectivity index (χ2v) is 9.64. The van der Waals surface area contributed by atoms with Crippen LogP contribution in [0.15, 0.2) is 36.4 Å². The van der Waals surface area contributed by atoms with Crippen LogP contribution >= 0.6 is 11.6 Å². The van der Waals surface area contributed by atoms with E-state index < -0.39 is 11.9 Å². The van der Waals surface area contributed by atoms with E-state index in [1.165, 1.54) is 4.90 Å². The molecule has 9 nitrogen and oxygen atoms in total. The molecule has 2 aliphatic heterocycles. The van der Waals surface area contributed by atoms with Crippen molar-refractivity contribution in [2.75, 3.05) is 26.8 Å². The van der Waals surface area contributed by atoms with Gasteiger partial charge in [-0.25, -0.2) is 0 Å². The van der Waals surface area contributed by atoms with E-state index in [-0.39, 0.29) is 37.1 Å². The lowest BCUT2D eigenvalue weighted by molar-refractivity contribution is -0.137. The minimum atomic E-state index is -0.659. The Morgan fingerprint density at radius 2 is 1.95 bits per heavy atom. The molecular formula is C27H31ClN4O5. The molecule has 1 unspecified atom stereocenters. The number of ether oxygens (including phenoxy) is 1. The quantitative estimate of drug-likeness (QED) is 0.303. The lowest BCUT2D eigenvalue weighted by atomic mass is 10.0. The maximum absolute atomic E-state index is 12.8. The summed E-state index contributed by atoms with van der Waals surface area (Å²) in [4.78, 5) is 50.6. The summed E-state index contributed by atoms with van der Waals surface area (Å²) in [6.07, 6.45) is 1.41. The third-order valence-electron chi connectivity index (χ3n) is 6.57. The summed E-state index contributed by atoms with van der Waals surface area (Å²) in [7, 11) is 1.88. The summed E-state index contributed by atoms with van der Waals surface area (Å²) in [6.45, 7) is 2.67. The smallest absolute Gasteiger partial charge is 0.255 e. The Morgan fingerprint density at radius 3 is 2.70 bits per heavy atom. The van der Waals surface area contributed by atoms with Gasteiger partial charge in [0.05, 0.1) is 19.6 Å². The molecule has 1 saturated heterocycles. The van der Waals surface area contributed by atoms with Crippen molar-refractivity contribution in [3.8, 4) is 0 Å². The van der Waals surface area contributed by atoms with Crippen molar-refractivity contribution < 1.29 is 23.9 Å². The lowest BCUT2D eigenvalue weighted by Crippen LogP contribution is -2.52. The number of amides is 4. The Kier molecular flexibility index (Phi) is 8.91. The van der Waals surface area contributed by atoms with Gasteiger partial charge in [-0.1, -0.05) is 35.9 Å². The highest BCUT2D eigenvalue weighted by Gasteiger charge is 2.39. The summed E-state index contributed by atoms with van der Waals surface area (Å²) in [5.74, 6) is -1.14. The molecule has 10 heteroatoms. The van der Waals surface area contributed by atoms with Crippen molar-refractivity contribution in [1.82, 2.24) is 20.9 Å². The van der Waals surface area contributed by atoms with Gasteiger partial charge in [-0.2, -0.15) is 0 Å². The first kappa shape index (κ1) is 26.8. The van der Waals surface area contributed by atoms with Crippen LogP contribution in [0.4, 0.5) is 0 Å². The molecular weight excluding hydrogens is 496 g/mol. The molecule has 4 rings (SSSR count). The van der Waals surface area contributed by atoms with Crippen molar-refractivity contribution >= 4 is 35.2 Å². The third kappa shape index (κ3) is 6.74. The predicted molar refractivity (Wildman–Crippen MR) is 138 cm³/mol. The predicted octanol–water partition coefficient (Wildman–Crippen LogP) is 1.74. The van der Waals surface area contributed by atoms with Gasteiger partial charge in [0.1, 0.15) is 6.04 Å². The number of rotatable bonds is 11. The number of fused-ring (bicyclic) bond motifs is 1. The number of benzene rings is 2. The number of carbonyl (C=O) groups excluding carboxylic acids is 4. The zero-order chi connectivity index (χ0) is 26.4. The Labute approximate surface area is 220 Å². The average molecular weight is 527 g/mol. The van der Waals surface area contributed by atoms with Gasteiger partial charge in [0, 0.05) is 36.6 Å². The molecule has 1 atom stereocenters. The van der Waals surface area contributed by atoms with Crippen molar-refractivity contribution in [3.63, 3.8) is 0 Å². The van der Waals surface area contributed by atoms with Crippen LogP contribution in [-0.2, 0) is 45.1 Å². The van der Waals surface area contributed by atoms with E-state index in [1.54, 1.807) is 12.1 Å². The Balaban J connectivity index is 1.28. The number of nitrogens with one attached hydrogen (secondary N) is 3. The molecule has 37 heavy (non-hydrogen) atoms. The number of hydrogen-bond acceptors (Lipinski definition) is 6. The number of hydrogen-bond donors (Lipinski definition) is 3. The molecule has 0 aliphatic carbocycles. The van der Waals surface area contributed by atoms with E-state index >= 15 is 0 Å². The highest BCUT2D eigenvalue weighted by molar-refractivity contribution is 6.31. The number of likely N-dealkylation sites (N-methyl/N-ethyl adjacent to an activating group) is 1. The molecule has 0 radical (unpaired) electrons. The molecule has 0 aromatic heterocycles. The molecule has 2 aliphatic rings. The first-order chi connectivity index (χ1) is 17.9. The normalized spacial score (nSPS) is 17.1. The summed E-state index contributed by atoms with van der Waals surface area (Å²) < 4.78 is 5.55. The molecule has 1 fully saturated rings. The van der Waals surface area contributed by atoms with Crippen LogP contribution in [0, 0.1) is 0 Å². The molecule has 196 valence electrons. The number of nitrogens with zero attached hydrogens (tertiary/aromatic N) is 1. The number of piperidine rings is 1. The Morgan fingerprint density at radius 1 is 1.14 bits per heavy atom. The van der Waals surface area contributed by atoms with Crippen LogP contribution in [0.3, 0.4) is 0 Å². The van der Waals surface area contributed by atoms with Gasteiger partial charge < -0.3 is 20.3 Å². The maximum Gasteiger partial charge on any atom is 0.255 e. The van der Waals surface area contributed by atoms with Gasteiger partial charge in [0.25, 0.3) is 5.91 Å². The van der Waals surface area contributed by atoms with Crippen molar-refractivity contribution in [2.24, 2.45) is 0 Å². The summed E-state index contributed by atoms with van der Waals surface area (Å²) in [6, 6.07) is 10.4. The minimum Gasteiger partial charge on any atom is -0.380 e. The van der Waals surface area contributed by atoms with Crippen LogP contribution in [-0.4, -0.2) is 61.4 Å². The fourth-order valence-electron chi connectivity index (χ4n) is 4.55. The van der Waals surface area contributed by atoms with Gasteiger partial charge in [-0.05, 0) is 54.3 Å². The topological polar surface area (TPSA) is 117 Å². The first-order valence-corrected chi connectivity index (χ1v) is 12.8. The lowest BCUT2D eigenvalue weighted by Gasteiger charge is -2.29. The molecule has 2 aromatic rings. The fourth-order valence-corrected chi connectivity index (χ4v) is 4.85. The van der Waals surface area contributed by atoms with E-state index in [1.807, 2.05) is 31.3 Å². The zero-order valence-electron chi connectivity index (χ0n) is 20.8. The SMILES string of the molecule is CNCCOCCc1ccc(CNC(=O)Cc2ccc3c(c2)CN(C2CCC(=O)NC2=O)C3=O)cc1Cl. The van der Waals surface area contributed by atoms with Crippen molar-refractivity contribution in [1.29, 1.82) is 0 Å². The summed E-state index contributed by atoms with van der Waals surface area (Å²) in [5, 5.41) is 8.89. The van der Waals surface area contributed by atoms with Gasteiger partial charge >= 0.3 is 0 Å². The second kappa shape index (κ2) is 12.3. The highest BCUT2D eigenvalue weighted by Crippen LogP contribution is 2.28. The largest absolute Gasteiger partial charge is 0.380 e. The molecule has 0 spiro atoms. The number of halogens is 1.